The van der Waals surface area contributed by atoms with E-state index in [0.29, 0.717) is 5.95 Å². The van der Waals surface area contributed by atoms with E-state index in [-0.39, 0.29) is 0 Å². The number of imidazole rings is 1. The Kier molecular flexibility index (Phi) is 3.93. The topological polar surface area (TPSA) is 66.0 Å². The van der Waals surface area contributed by atoms with Gasteiger partial charge in [-0.3, -0.25) is 4.98 Å². The van der Waals surface area contributed by atoms with E-state index in [0.717, 1.165) is 43.6 Å². The zero-order valence-corrected chi connectivity index (χ0v) is 10.1. The van der Waals surface area contributed by atoms with E-state index in [4.69, 9.17) is 10.5 Å². The van der Waals surface area contributed by atoms with Crippen LogP contribution in [-0.4, -0.2) is 27.7 Å². The number of hydrogen-bond acceptors (Lipinski definition) is 4. The third-order valence-corrected chi connectivity index (χ3v) is 2.60. The van der Waals surface area contributed by atoms with Gasteiger partial charge in [-0.2, -0.15) is 0 Å². The molecule has 2 aromatic heterocycles. The van der Waals surface area contributed by atoms with Gasteiger partial charge in [0.1, 0.15) is 5.52 Å². The molecule has 0 aliphatic carbocycles. The number of nitrogens with zero attached hydrogens (tertiary/aromatic N) is 3. The van der Waals surface area contributed by atoms with Gasteiger partial charge in [0.15, 0.2) is 0 Å². The fourth-order valence-corrected chi connectivity index (χ4v) is 1.81. The molecule has 0 aliphatic heterocycles. The molecule has 0 bridgehead atoms. The first-order chi connectivity index (χ1) is 8.33. The van der Waals surface area contributed by atoms with E-state index in [9.17, 15) is 0 Å². The molecular weight excluding hydrogens is 216 g/mol. The van der Waals surface area contributed by atoms with Gasteiger partial charge in [0.05, 0.1) is 11.7 Å². The van der Waals surface area contributed by atoms with E-state index < -0.39 is 0 Å². The molecule has 0 aliphatic rings. The predicted octanol–water partition coefficient (Wildman–Crippen LogP) is 1.83. The minimum absolute atomic E-state index is 0.545. The molecular formula is C12H18N4O. The molecule has 0 fully saturated rings. The number of ether oxygens (including phenoxy) is 1. The van der Waals surface area contributed by atoms with E-state index >= 15 is 0 Å². The van der Waals surface area contributed by atoms with Crippen LogP contribution in [0.3, 0.4) is 0 Å². The van der Waals surface area contributed by atoms with Crippen LogP contribution in [0.4, 0.5) is 5.95 Å². The average Bonchev–Trinajstić information content (AvgIpc) is 2.65. The van der Waals surface area contributed by atoms with Gasteiger partial charge in [-0.15, -0.1) is 0 Å². The van der Waals surface area contributed by atoms with Gasteiger partial charge in [0.2, 0.25) is 5.95 Å². The minimum atomic E-state index is 0.545. The Bertz CT molecular complexity index is 480. The number of fused-ring (bicyclic) bond motifs is 1. The lowest BCUT2D eigenvalue weighted by molar-refractivity contribution is 0.129. The standard InChI is InChI=1S/C12H18N4O/c1-2-7-17-8-3-6-16-11-4-5-14-9-10(11)15-12(16)13/h4-5,9H,2-3,6-8H2,1H3,(H2,13,15). The van der Waals surface area contributed by atoms with E-state index in [1.165, 1.54) is 0 Å². The van der Waals surface area contributed by atoms with Crippen LogP contribution in [0.15, 0.2) is 18.5 Å². The second-order valence-corrected chi connectivity index (χ2v) is 3.95. The van der Waals surface area contributed by atoms with Crippen molar-refractivity contribution in [1.82, 2.24) is 14.5 Å². The van der Waals surface area contributed by atoms with Gasteiger partial charge in [0.25, 0.3) is 0 Å². The molecule has 0 spiro atoms. The lowest BCUT2D eigenvalue weighted by Gasteiger charge is -2.06. The third kappa shape index (κ3) is 2.74. The van der Waals surface area contributed by atoms with Crippen LogP contribution < -0.4 is 5.73 Å². The van der Waals surface area contributed by atoms with Gasteiger partial charge >= 0.3 is 0 Å². The quantitative estimate of drug-likeness (QED) is 0.774. The average molecular weight is 234 g/mol. The fourth-order valence-electron chi connectivity index (χ4n) is 1.81. The number of pyridine rings is 1. The first-order valence-corrected chi connectivity index (χ1v) is 5.96. The fraction of sp³-hybridized carbons (Fsp3) is 0.500. The highest BCUT2D eigenvalue weighted by molar-refractivity contribution is 5.76. The Balaban J connectivity index is 2.00. The second-order valence-electron chi connectivity index (χ2n) is 3.95. The van der Waals surface area contributed by atoms with Gasteiger partial charge in [-0.05, 0) is 18.9 Å². The van der Waals surface area contributed by atoms with Crippen molar-refractivity contribution in [3.05, 3.63) is 18.5 Å². The van der Waals surface area contributed by atoms with Crippen molar-refractivity contribution in [1.29, 1.82) is 0 Å². The molecule has 2 rings (SSSR count). The molecule has 0 amide bonds. The molecule has 0 saturated heterocycles. The van der Waals surface area contributed by atoms with Crippen LogP contribution in [0.1, 0.15) is 19.8 Å². The summed E-state index contributed by atoms with van der Waals surface area (Å²) >= 11 is 0. The molecule has 0 atom stereocenters. The Morgan fingerprint density at radius 3 is 3.12 bits per heavy atom. The largest absolute Gasteiger partial charge is 0.381 e. The SMILES string of the molecule is CCCOCCCn1c(N)nc2cnccc21. The number of anilines is 1. The molecule has 0 unspecified atom stereocenters. The number of rotatable bonds is 6. The Morgan fingerprint density at radius 2 is 2.29 bits per heavy atom. The van der Waals surface area contributed by atoms with Crippen molar-refractivity contribution in [2.45, 2.75) is 26.3 Å². The monoisotopic (exact) mass is 234 g/mol. The Hall–Kier alpha value is -1.62. The van der Waals surface area contributed by atoms with Crippen molar-refractivity contribution in [2.75, 3.05) is 18.9 Å². The summed E-state index contributed by atoms with van der Waals surface area (Å²) in [7, 11) is 0. The summed E-state index contributed by atoms with van der Waals surface area (Å²) in [6, 6.07) is 1.94. The summed E-state index contributed by atoms with van der Waals surface area (Å²) in [5.41, 5.74) is 7.76. The van der Waals surface area contributed by atoms with E-state index in [2.05, 4.69) is 16.9 Å². The highest BCUT2D eigenvalue weighted by Crippen LogP contribution is 2.16. The number of nitrogen functional groups attached to an aromatic ring is 1. The van der Waals surface area contributed by atoms with E-state index in [1.54, 1.807) is 12.4 Å². The van der Waals surface area contributed by atoms with Crippen molar-refractivity contribution < 1.29 is 4.74 Å². The maximum atomic E-state index is 5.88. The van der Waals surface area contributed by atoms with Crippen molar-refractivity contribution in [2.24, 2.45) is 0 Å². The van der Waals surface area contributed by atoms with Crippen molar-refractivity contribution >= 4 is 17.0 Å². The molecule has 2 aromatic rings. The van der Waals surface area contributed by atoms with Crippen LogP contribution >= 0.6 is 0 Å². The predicted molar refractivity (Wildman–Crippen MR) is 67.7 cm³/mol. The zero-order chi connectivity index (χ0) is 12.1. The molecule has 0 radical (unpaired) electrons. The maximum absolute atomic E-state index is 5.88. The maximum Gasteiger partial charge on any atom is 0.201 e. The number of hydrogen-bond donors (Lipinski definition) is 1. The number of aromatic nitrogens is 3. The van der Waals surface area contributed by atoms with Gasteiger partial charge in [-0.1, -0.05) is 6.92 Å². The lowest BCUT2D eigenvalue weighted by atomic mass is 10.4. The van der Waals surface area contributed by atoms with Crippen LogP contribution in [-0.2, 0) is 11.3 Å². The molecule has 0 saturated carbocycles. The zero-order valence-electron chi connectivity index (χ0n) is 10.1. The molecule has 0 aromatic carbocycles. The summed E-state index contributed by atoms with van der Waals surface area (Å²) in [6.07, 6.45) is 5.49. The van der Waals surface area contributed by atoms with E-state index in [1.807, 2.05) is 10.6 Å². The van der Waals surface area contributed by atoms with Crippen LogP contribution in [0.2, 0.25) is 0 Å². The Labute approximate surface area is 101 Å². The summed E-state index contributed by atoms with van der Waals surface area (Å²) in [4.78, 5) is 8.30. The molecule has 92 valence electrons. The molecule has 5 nitrogen and oxygen atoms in total. The summed E-state index contributed by atoms with van der Waals surface area (Å²) in [6.45, 7) is 4.52. The smallest absolute Gasteiger partial charge is 0.201 e. The normalized spacial score (nSPS) is 11.1. The van der Waals surface area contributed by atoms with Crippen molar-refractivity contribution in [3.63, 3.8) is 0 Å². The highest BCUT2D eigenvalue weighted by atomic mass is 16.5. The first-order valence-electron chi connectivity index (χ1n) is 5.96. The van der Waals surface area contributed by atoms with Gasteiger partial charge < -0.3 is 15.0 Å². The minimum Gasteiger partial charge on any atom is -0.381 e. The second kappa shape index (κ2) is 5.63. The van der Waals surface area contributed by atoms with Crippen LogP contribution in [0.25, 0.3) is 11.0 Å². The summed E-state index contributed by atoms with van der Waals surface area (Å²) < 4.78 is 7.45. The van der Waals surface area contributed by atoms with Crippen LogP contribution in [0, 0.1) is 0 Å². The summed E-state index contributed by atoms with van der Waals surface area (Å²) in [5, 5.41) is 0. The van der Waals surface area contributed by atoms with Gasteiger partial charge in [-0.25, -0.2) is 4.98 Å². The number of nitrogens with two attached hydrogens (primary N) is 1. The van der Waals surface area contributed by atoms with Crippen LogP contribution in [0.5, 0.6) is 0 Å². The number of aryl methyl sites for hydroxylation is 1. The molecule has 5 heteroatoms. The molecule has 2 heterocycles. The third-order valence-electron chi connectivity index (χ3n) is 2.60. The van der Waals surface area contributed by atoms with Crippen molar-refractivity contribution in [3.8, 4) is 0 Å². The highest BCUT2D eigenvalue weighted by Gasteiger charge is 2.06. The summed E-state index contributed by atoms with van der Waals surface area (Å²) in [5.74, 6) is 0.545. The Morgan fingerprint density at radius 1 is 1.41 bits per heavy atom. The lowest BCUT2D eigenvalue weighted by Crippen LogP contribution is -2.06. The molecule has 2 N–H and O–H groups in total. The van der Waals surface area contributed by atoms with Gasteiger partial charge in [0, 0.05) is 26.0 Å². The first kappa shape index (κ1) is 11.9. The molecule has 17 heavy (non-hydrogen) atoms.